The molecule has 0 bridgehead atoms. The van der Waals surface area contributed by atoms with E-state index in [-0.39, 0.29) is 5.82 Å². The third-order valence-corrected chi connectivity index (χ3v) is 5.33. The van der Waals surface area contributed by atoms with E-state index in [1.54, 1.807) is 12.1 Å². The van der Waals surface area contributed by atoms with Crippen molar-refractivity contribution in [2.45, 2.75) is 44.2 Å². The molecule has 1 aromatic carbocycles. The van der Waals surface area contributed by atoms with Crippen LogP contribution in [0.15, 0.2) is 22.7 Å². The van der Waals surface area contributed by atoms with E-state index in [4.69, 9.17) is 5.73 Å². The van der Waals surface area contributed by atoms with Crippen molar-refractivity contribution in [2.75, 3.05) is 13.1 Å². The fraction of sp³-hybridized carbons (Fsp3) is 0.625. The zero-order chi connectivity index (χ0) is 14.1. The molecule has 20 heavy (non-hydrogen) atoms. The van der Waals surface area contributed by atoms with Crippen LogP contribution in [0.1, 0.15) is 43.7 Å². The van der Waals surface area contributed by atoms with Gasteiger partial charge in [-0.25, -0.2) is 4.39 Å². The Balaban J connectivity index is 1.98. The van der Waals surface area contributed by atoms with Crippen LogP contribution in [0, 0.1) is 11.7 Å². The Morgan fingerprint density at radius 1 is 1.25 bits per heavy atom. The molecule has 1 aliphatic heterocycles. The third-order valence-electron chi connectivity index (χ3n) is 4.64. The molecule has 0 spiro atoms. The van der Waals surface area contributed by atoms with Crippen LogP contribution in [0.2, 0.25) is 0 Å². The summed E-state index contributed by atoms with van der Waals surface area (Å²) in [7, 11) is 0. The Bertz CT molecular complexity index is 476. The van der Waals surface area contributed by atoms with Gasteiger partial charge in [-0.3, -0.25) is 4.90 Å². The van der Waals surface area contributed by atoms with Crippen molar-refractivity contribution in [1.82, 2.24) is 4.90 Å². The molecule has 0 radical (unpaired) electrons. The van der Waals surface area contributed by atoms with Gasteiger partial charge in [0.05, 0.1) is 0 Å². The number of hydrogen-bond acceptors (Lipinski definition) is 2. The molecule has 1 heterocycles. The first-order valence-corrected chi connectivity index (χ1v) is 8.40. The van der Waals surface area contributed by atoms with Crippen LogP contribution in [-0.4, -0.2) is 24.0 Å². The summed E-state index contributed by atoms with van der Waals surface area (Å²) in [4.78, 5) is 2.63. The zero-order valence-corrected chi connectivity index (χ0v) is 13.3. The number of rotatable bonds is 3. The van der Waals surface area contributed by atoms with Crippen LogP contribution in [0.5, 0.6) is 0 Å². The standard InChI is InChI=1S/C16H22BrFN2/c17-15-9-12(18)4-7-14(15)16-11(10-19)3-1-2-8-20(16)13-5-6-13/h4,7,9,11,13,16H,1-3,5-6,8,10,19H2. The van der Waals surface area contributed by atoms with E-state index in [2.05, 4.69) is 20.8 Å². The maximum atomic E-state index is 13.4. The fourth-order valence-electron chi connectivity index (χ4n) is 3.51. The van der Waals surface area contributed by atoms with Crippen LogP contribution in [-0.2, 0) is 0 Å². The van der Waals surface area contributed by atoms with Gasteiger partial charge in [-0.1, -0.05) is 28.4 Å². The van der Waals surface area contributed by atoms with Crippen LogP contribution >= 0.6 is 15.9 Å². The van der Waals surface area contributed by atoms with Crippen molar-refractivity contribution in [3.63, 3.8) is 0 Å². The second-order valence-electron chi connectivity index (χ2n) is 6.07. The van der Waals surface area contributed by atoms with Gasteiger partial charge in [0.1, 0.15) is 5.82 Å². The van der Waals surface area contributed by atoms with E-state index < -0.39 is 0 Å². The number of hydrogen-bond donors (Lipinski definition) is 1. The van der Waals surface area contributed by atoms with Crippen LogP contribution in [0.25, 0.3) is 0 Å². The first-order chi connectivity index (χ1) is 9.70. The predicted octanol–water partition coefficient (Wildman–Crippen LogP) is 3.85. The van der Waals surface area contributed by atoms with Crippen LogP contribution < -0.4 is 5.73 Å². The van der Waals surface area contributed by atoms with E-state index >= 15 is 0 Å². The van der Waals surface area contributed by atoms with E-state index in [1.165, 1.54) is 37.7 Å². The van der Waals surface area contributed by atoms with Gasteiger partial charge in [-0.15, -0.1) is 0 Å². The summed E-state index contributed by atoms with van der Waals surface area (Å²) in [6, 6.07) is 6.14. The van der Waals surface area contributed by atoms with E-state index in [1.807, 2.05) is 6.07 Å². The topological polar surface area (TPSA) is 29.3 Å². The Labute approximate surface area is 128 Å². The largest absolute Gasteiger partial charge is 0.330 e. The van der Waals surface area contributed by atoms with Gasteiger partial charge < -0.3 is 5.73 Å². The number of halogens is 2. The van der Waals surface area contributed by atoms with Gasteiger partial charge in [0.25, 0.3) is 0 Å². The third kappa shape index (κ3) is 2.92. The summed E-state index contributed by atoms with van der Waals surface area (Å²) < 4.78 is 14.3. The number of benzene rings is 1. The number of likely N-dealkylation sites (tertiary alicyclic amines) is 1. The van der Waals surface area contributed by atoms with Gasteiger partial charge in [0, 0.05) is 16.6 Å². The Kier molecular flexibility index (Phi) is 4.43. The highest BCUT2D eigenvalue weighted by Gasteiger charge is 2.39. The van der Waals surface area contributed by atoms with Crippen molar-refractivity contribution in [3.8, 4) is 0 Å². The fourth-order valence-corrected chi connectivity index (χ4v) is 4.09. The molecule has 1 aromatic rings. The first kappa shape index (κ1) is 14.5. The molecule has 0 aromatic heterocycles. The molecule has 4 heteroatoms. The average Bonchev–Trinajstić information content (AvgIpc) is 3.24. The second-order valence-corrected chi connectivity index (χ2v) is 6.93. The summed E-state index contributed by atoms with van der Waals surface area (Å²) in [5.74, 6) is 0.288. The summed E-state index contributed by atoms with van der Waals surface area (Å²) >= 11 is 3.55. The van der Waals surface area contributed by atoms with Gasteiger partial charge in [0.15, 0.2) is 0 Å². The molecule has 2 nitrogen and oxygen atoms in total. The molecule has 0 amide bonds. The molecule has 2 N–H and O–H groups in total. The summed E-state index contributed by atoms with van der Waals surface area (Å²) in [6.07, 6.45) is 6.27. The first-order valence-electron chi connectivity index (χ1n) is 7.61. The minimum Gasteiger partial charge on any atom is -0.330 e. The highest BCUT2D eigenvalue weighted by molar-refractivity contribution is 9.10. The van der Waals surface area contributed by atoms with Crippen molar-refractivity contribution in [2.24, 2.45) is 11.7 Å². The van der Waals surface area contributed by atoms with Gasteiger partial charge in [-0.05, 0) is 62.4 Å². The van der Waals surface area contributed by atoms with E-state index in [0.29, 0.717) is 24.5 Å². The van der Waals surface area contributed by atoms with E-state index in [0.717, 1.165) is 11.0 Å². The quantitative estimate of drug-likeness (QED) is 0.905. The van der Waals surface area contributed by atoms with Crippen LogP contribution in [0.3, 0.4) is 0 Å². The number of nitrogens with zero attached hydrogens (tertiary/aromatic N) is 1. The lowest BCUT2D eigenvalue weighted by atomic mass is 9.89. The molecule has 2 fully saturated rings. The van der Waals surface area contributed by atoms with Crippen molar-refractivity contribution in [3.05, 3.63) is 34.1 Å². The van der Waals surface area contributed by atoms with Crippen molar-refractivity contribution < 1.29 is 4.39 Å². The molecule has 2 aliphatic rings. The highest BCUT2D eigenvalue weighted by Crippen LogP contribution is 2.43. The van der Waals surface area contributed by atoms with Crippen LogP contribution in [0.4, 0.5) is 4.39 Å². The molecule has 1 aliphatic carbocycles. The maximum absolute atomic E-state index is 13.4. The lowest BCUT2D eigenvalue weighted by Crippen LogP contribution is -2.37. The Morgan fingerprint density at radius 3 is 2.70 bits per heavy atom. The summed E-state index contributed by atoms with van der Waals surface area (Å²) in [5, 5.41) is 0. The SMILES string of the molecule is NCC1CCCCN(C2CC2)C1c1ccc(F)cc1Br. The maximum Gasteiger partial charge on any atom is 0.124 e. The van der Waals surface area contributed by atoms with E-state index in [9.17, 15) is 4.39 Å². The minimum absolute atomic E-state index is 0.184. The Hall–Kier alpha value is -0.450. The monoisotopic (exact) mass is 340 g/mol. The smallest absolute Gasteiger partial charge is 0.124 e. The highest BCUT2D eigenvalue weighted by atomic mass is 79.9. The molecular weight excluding hydrogens is 319 g/mol. The number of nitrogens with two attached hydrogens (primary N) is 1. The minimum atomic E-state index is -0.184. The summed E-state index contributed by atoms with van der Waals surface area (Å²) in [6.45, 7) is 1.85. The molecule has 1 saturated carbocycles. The molecular formula is C16H22BrFN2. The Morgan fingerprint density at radius 2 is 2.05 bits per heavy atom. The van der Waals surface area contributed by atoms with Gasteiger partial charge >= 0.3 is 0 Å². The van der Waals surface area contributed by atoms with Gasteiger partial charge in [-0.2, -0.15) is 0 Å². The molecule has 3 rings (SSSR count). The van der Waals surface area contributed by atoms with Crippen molar-refractivity contribution >= 4 is 15.9 Å². The lowest BCUT2D eigenvalue weighted by Gasteiger charge is -2.36. The normalized spacial score (nSPS) is 28.4. The second kappa shape index (κ2) is 6.12. The summed E-state index contributed by atoms with van der Waals surface area (Å²) in [5.41, 5.74) is 7.25. The lowest BCUT2D eigenvalue weighted by molar-refractivity contribution is 0.148. The van der Waals surface area contributed by atoms with Gasteiger partial charge in [0.2, 0.25) is 0 Å². The van der Waals surface area contributed by atoms with Crippen molar-refractivity contribution in [1.29, 1.82) is 0 Å². The predicted molar refractivity (Wildman–Crippen MR) is 83.0 cm³/mol. The average molecular weight is 341 g/mol. The molecule has 1 saturated heterocycles. The zero-order valence-electron chi connectivity index (χ0n) is 11.7. The molecule has 2 atom stereocenters. The molecule has 110 valence electrons. The molecule has 2 unspecified atom stereocenters.